The second-order valence-corrected chi connectivity index (χ2v) is 7.41. The van der Waals surface area contributed by atoms with Gasteiger partial charge < -0.3 is 15.4 Å². The lowest BCUT2D eigenvalue weighted by Gasteiger charge is -2.22. The van der Waals surface area contributed by atoms with Crippen molar-refractivity contribution in [1.82, 2.24) is 15.8 Å². The van der Waals surface area contributed by atoms with Gasteiger partial charge in [0.25, 0.3) is 11.8 Å². The quantitative estimate of drug-likeness (QED) is 0.520. The van der Waals surface area contributed by atoms with Gasteiger partial charge in [-0.15, -0.1) is 0 Å². The fraction of sp³-hybridized carbons (Fsp3) is 0.125. The van der Waals surface area contributed by atoms with Crippen LogP contribution in [0.15, 0.2) is 78.9 Å². The van der Waals surface area contributed by atoms with Gasteiger partial charge in [-0.3, -0.25) is 15.0 Å². The fourth-order valence-electron chi connectivity index (χ4n) is 3.50. The lowest BCUT2D eigenvalue weighted by molar-refractivity contribution is -0.132. The third-order valence-corrected chi connectivity index (χ3v) is 5.28. The van der Waals surface area contributed by atoms with Crippen molar-refractivity contribution in [1.29, 1.82) is 0 Å². The molecule has 3 aromatic rings. The zero-order valence-corrected chi connectivity index (χ0v) is 17.6. The Morgan fingerprint density at radius 3 is 2.44 bits per heavy atom. The van der Waals surface area contributed by atoms with E-state index in [0.29, 0.717) is 22.0 Å². The molecule has 0 aromatic heterocycles. The van der Waals surface area contributed by atoms with Crippen LogP contribution in [0.2, 0.25) is 0 Å². The third-order valence-electron chi connectivity index (χ3n) is 5.28. The van der Waals surface area contributed by atoms with Crippen molar-refractivity contribution in [3.63, 3.8) is 0 Å². The Hall–Kier alpha value is -4.33. The molecule has 3 aromatic carbocycles. The predicted molar refractivity (Wildman–Crippen MR) is 119 cm³/mol. The van der Waals surface area contributed by atoms with E-state index in [4.69, 9.17) is 4.74 Å². The van der Waals surface area contributed by atoms with Crippen LogP contribution in [-0.4, -0.2) is 30.0 Å². The summed E-state index contributed by atoms with van der Waals surface area (Å²) in [6.45, 7) is 1.58. The summed E-state index contributed by atoms with van der Waals surface area (Å²) in [5.41, 5.74) is 3.25. The van der Waals surface area contributed by atoms with Crippen molar-refractivity contribution in [2.45, 2.75) is 12.5 Å². The first-order valence-corrected chi connectivity index (χ1v) is 9.95. The van der Waals surface area contributed by atoms with Gasteiger partial charge in [0.05, 0.1) is 18.4 Å². The van der Waals surface area contributed by atoms with E-state index in [1.54, 1.807) is 55.5 Å². The summed E-state index contributed by atoms with van der Waals surface area (Å²) >= 11 is 0. The zero-order valence-electron chi connectivity index (χ0n) is 17.6. The van der Waals surface area contributed by atoms with E-state index >= 15 is 0 Å². The van der Waals surface area contributed by atoms with Gasteiger partial charge in [0.15, 0.2) is 0 Å². The first kappa shape index (κ1) is 20.9. The highest BCUT2D eigenvalue weighted by Gasteiger charge is 2.50. The number of amides is 4. The van der Waals surface area contributed by atoms with Gasteiger partial charge in [-0.1, -0.05) is 42.5 Å². The highest BCUT2D eigenvalue weighted by molar-refractivity contribution is 6.10. The number of hydrogen-bond acceptors (Lipinski definition) is 5. The number of carbonyl (C=O) groups excluding carboxylic acids is 3. The highest BCUT2D eigenvalue weighted by atomic mass is 16.5. The van der Waals surface area contributed by atoms with E-state index in [0.717, 1.165) is 5.69 Å². The molecule has 8 nitrogen and oxygen atoms in total. The van der Waals surface area contributed by atoms with E-state index < -0.39 is 23.4 Å². The van der Waals surface area contributed by atoms with Crippen LogP contribution in [-0.2, 0) is 10.3 Å². The second-order valence-electron chi connectivity index (χ2n) is 7.41. The van der Waals surface area contributed by atoms with E-state index in [2.05, 4.69) is 16.1 Å². The number of hydrazine groups is 1. The largest absolute Gasteiger partial charge is 0.497 e. The summed E-state index contributed by atoms with van der Waals surface area (Å²) in [4.78, 5) is 38.8. The molecule has 0 aliphatic carbocycles. The van der Waals surface area contributed by atoms with Crippen molar-refractivity contribution in [3.8, 4) is 5.75 Å². The smallest absolute Gasteiger partial charge is 0.344 e. The summed E-state index contributed by atoms with van der Waals surface area (Å²) in [6.07, 6.45) is 0. The lowest BCUT2D eigenvalue weighted by Crippen LogP contribution is -2.48. The number of imide groups is 1. The Kier molecular flexibility index (Phi) is 5.51. The van der Waals surface area contributed by atoms with Crippen molar-refractivity contribution in [2.75, 3.05) is 12.4 Å². The Bertz CT molecular complexity index is 1180. The molecule has 0 spiro atoms. The fourth-order valence-corrected chi connectivity index (χ4v) is 3.50. The topological polar surface area (TPSA) is 99.8 Å². The Morgan fingerprint density at radius 1 is 0.969 bits per heavy atom. The van der Waals surface area contributed by atoms with Crippen LogP contribution in [0.5, 0.6) is 5.75 Å². The number of anilines is 2. The number of nitrogens with one attached hydrogen (secondary N) is 3. The number of methoxy groups -OCH3 is 1. The maximum atomic E-state index is 13.2. The maximum Gasteiger partial charge on any atom is 0.344 e. The van der Waals surface area contributed by atoms with Crippen LogP contribution in [0.25, 0.3) is 0 Å². The SMILES string of the molecule is COc1cccc([C@@]2(C)NC(=O)N(NC(=O)c3ccccc3Nc3ccccc3)C2=O)c1. The zero-order chi connectivity index (χ0) is 22.7. The Balaban J connectivity index is 1.57. The van der Waals surface area contributed by atoms with Gasteiger partial charge in [-0.25, -0.2) is 4.79 Å². The average molecular weight is 430 g/mol. The molecule has 1 aliphatic rings. The minimum Gasteiger partial charge on any atom is -0.497 e. The van der Waals surface area contributed by atoms with E-state index in [1.165, 1.54) is 7.11 Å². The monoisotopic (exact) mass is 430 g/mol. The third kappa shape index (κ3) is 3.85. The number of benzene rings is 3. The molecule has 0 radical (unpaired) electrons. The minimum absolute atomic E-state index is 0.284. The van der Waals surface area contributed by atoms with Crippen molar-refractivity contribution in [2.24, 2.45) is 0 Å². The molecule has 1 fully saturated rings. The number of carbonyl (C=O) groups is 3. The molecule has 8 heteroatoms. The Morgan fingerprint density at radius 2 is 1.69 bits per heavy atom. The first-order chi connectivity index (χ1) is 15.4. The molecular weight excluding hydrogens is 408 g/mol. The van der Waals surface area contributed by atoms with Crippen LogP contribution in [0.4, 0.5) is 16.2 Å². The molecule has 1 saturated heterocycles. The number of urea groups is 1. The molecule has 1 heterocycles. The summed E-state index contributed by atoms with van der Waals surface area (Å²) in [6, 6.07) is 22.3. The van der Waals surface area contributed by atoms with Gasteiger partial charge in [-0.2, -0.15) is 5.01 Å². The molecular formula is C24H22N4O4. The molecule has 0 saturated carbocycles. The summed E-state index contributed by atoms with van der Waals surface area (Å²) in [5.74, 6) is -0.644. The van der Waals surface area contributed by atoms with Crippen molar-refractivity contribution in [3.05, 3.63) is 90.0 Å². The van der Waals surface area contributed by atoms with Crippen molar-refractivity contribution < 1.29 is 19.1 Å². The minimum atomic E-state index is -1.35. The molecule has 32 heavy (non-hydrogen) atoms. The normalized spacial score (nSPS) is 17.6. The summed E-state index contributed by atoms with van der Waals surface area (Å²) in [7, 11) is 1.52. The van der Waals surface area contributed by atoms with Gasteiger partial charge in [-0.05, 0) is 48.9 Å². The van der Waals surface area contributed by atoms with Crippen molar-refractivity contribution >= 4 is 29.2 Å². The van der Waals surface area contributed by atoms with E-state index in [1.807, 2.05) is 30.3 Å². The average Bonchev–Trinajstić information content (AvgIpc) is 3.04. The second kappa shape index (κ2) is 8.43. The van der Waals surface area contributed by atoms with Gasteiger partial charge >= 0.3 is 6.03 Å². The van der Waals surface area contributed by atoms with E-state index in [-0.39, 0.29) is 5.56 Å². The van der Waals surface area contributed by atoms with Crippen LogP contribution >= 0.6 is 0 Å². The predicted octanol–water partition coefficient (Wildman–Crippen LogP) is 3.55. The number of nitrogens with zero attached hydrogens (tertiary/aromatic N) is 1. The van der Waals surface area contributed by atoms with Gasteiger partial charge in [0, 0.05) is 5.69 Å². The standard InChI is InChI=1S/C24H22N4O4/c1-24(16-9-8-12-18(15-16)32-2)22(30)28(23(31)26-24)27-21(29)19-13-6-7-14-20(19)25-17-10-4-3-5-11-17/h3-15,25H,1-2H3,(H,26,31)(H,27,29)/t24-/m1/s1. The molecule has 3 N–H and O–H groups in total. The first-order valence-electron chi connectivity index (χ1n) is 9.95. The van der Waals surface area contributed by atoms with Crippen LogP contribution in [0.1, 0.15) is 22.8 Å². The van der Waals surface area contributed by atoms with Gasteiger partial charge in [0.1, 0.15) is 11.3 Å². The van der Waals surface area contributed by atoms with Crippen LogP contribution < -0.4 is 20.8 Å². The maximum absolute atomic E-state index is 13.2. The summed E-state index contributed by atoms with van der Waals surface area (Å²) < 4.78 is 5.22. The highest BCUT2D eigenvalue weighted by Crippen LogP contribution is 2.30. The Labute approximate surface area is 185 Å². The van der Waals surface area contributed by atoms with Crippen LogP contribution in [0, 0.1) is 0 Å². The molecule has 4 rings (SSSR count). The number of para-hydroxylation sites is 2. The number of ether oxygens (including phenoxy) is 1. The molecule has 0 unspecified atom stereocenters. The number of hydrogen-bond donors (Lipinski definition) is 3. The van der Waals surface area contributed by atoms with E-state index in [9.17, 15) is 14.4 Å². The number of rotatable bonds is 6. The molecule has 162 valence electrons. The van der Waals surface area contributed by atoms with Crippen LogP contribution in [0.3, 0.4) is 0 Å². The molecule has 0 bridgehead atoms. The molecule has 1 atom stereocenters. The molecule has 4 amide bonds. The summed E-state index contributed by atoms with van der Waals surface area (Å²) in [5, 5.41) is 6.55. The lowest BCUT2D eigenvalue weighted by atomic mass is 9.92. The molecule has 1 aliphatic heterocycles. The van der Waals surface area contributed by atoms with Gasteiger partial charge in [0.2, 0.25) is 0 Å².